The Hall–Kier alpha value is -2.28. The summed E-state index contributed by atoms with van der Waals surface area (Å²) in [5.74, 6) is -0.307. The van der Waals surface area contributed by atoms with Gasteiger partial charge in [0.1, 0.15) is 5.60 Å². The van der Waals surface area contributed by atoms with E-state index in [1.54, 1.807) is 27.7 Å². The molecule has 4 atom stereocenters. The minimum absolute atomic E-state index is 0.209. The molecular formula is C19H28N2O5. The number of amides is 2. The number of benzene rings is 1. The standard InChI is InChI=1S/C19H28N2O5/c1-12-11-21(18(24)25)14(10-13-8-6-5-7-9-13)15(16(12)22)20-17(23)26-19(2,3)4/h5-9,12,14-16,22H,10-11H2,1-4H3,(H,20,23)(H,24,25)/t12-,14?,15+,16+/m0/s1. The monoisotopic (exact) mass is 364 g/mol. The zero-order valence-electron chi connectivity index (χ0n) is 15.7. The number of ether oxygens (including phenoxy) is 1. The second-order valence-electron chi connectivity index (χ2n) is 7.83. The van der Waals surface area contributed by atoms with Gasteiger partial charge in [-0.3, -0.25) is 0 Å². The number of alkyl carbamates (subject to hydrolysis) is 1. The molecule has 1 aliphatic heterocycles. The van der Waals surface area contributed by atoms with Crippen LogP contribution in [0.4, 0.5) is 9.59 Å². The van der Waals surface area contributed by atoms with Gasteiger partial charge in [0.05, 0.1) is 18.2 Å². The summed E-state index contributed by atoms with van der Waals surface area (Å²) in [6.45, 7) is 7.22. The van der Waals surface area contributed by atoms with E-state index in [9.17, 15) is 19.8 Å². The first-order chi connectivity index (χ1) is 12.1. The molecule has 3 N–H and O–H groups in total. The van der Waals surface area contributed by atoms with Crippen LogP contribution in [0, 0.1) is 5.92 Å². The Morgan fingerprint density at radius 2 is 1.88 bits per heavy atom. The fraction of sp³-hybridized carbons (Fsp3) is 0.579. The minimum Gasteiger partial charge on any atom is -0.465 e. The summed E-state index contributed by atoms with van der Waals surface area (Å²) in [5, 5.41) is 23.0. The lowest BCUT2D eigenvalue weighted by Crippen LogP contribution is -2.66. The average molecular weight is 364 g/mol. The molecular weight excluding hydrogens is 336 g/mol. The first-order valence-corrected chi connectivity index (χ1v) is 8.79. The first-order valence-electron chi connectivity index (χ1n) is 8.79. The van der Waals surface area contributed by atoms with Gasteiger partial charge in [0, 0.05) is 12.5 Å². The number of carboxylic acid groups (broad SMARTS) is 1. The van der Waals surface area contributed by atoms with E-state index >= 15 is 0 Å². The van der Waals surface area contributed by atoms with Crippen LogP contribution in [0.5, 0.6) is 0 Å². The molecule has 1 saturated heterocycles. The Kier molecular flexibility index (Phi) is 6.13. The van der Waals surface area contributed by atoms with E-state index in [4.69, 9.17) is 4.74 Å². The van der Waals surface area contributed by atoms with Gasteiger partial charge in [-0.2, -0.15) is 0 Å². The van der Waals surface area contributed by atoms with Gasteiger partial charge in [0.25, 0.3) is 0 Å². The van der Waals surface area contributed by atoms with Crippen LogP contribution in [0.25, 0.3) is 0 Å². The third-order valence-corrected chi connectivity index (χ3v) is 4.47. The van der Waals surface area contributed by atoms with Crippen molar-refractivity contribution in [1.29, 1.82) is 0 Å². The second-order valence-corrected chi connectivity index (χ2v) is 7.83. The van der Waals surface area contributed by atoms with Gasteiger partial charge in [-0.25, -0.2) is 9.59 Å². The Balaban J connectivity index is 2.27. The van der Waals surface area contributed by atoms with Crippen molar-refractivity contribution in [2.75, 3.05) is 6.54 Å². The number of hydrogen-bond donors (Lipinski definition) is 3. The quantitative estimate of drug-likeness (QED) is 0.765. The molecule has 2 rings (SSSR count). The number of likely N-dealkylation sites (tertiary alicyclic amines) is 1. The molecule has 0 radical (unpaired) electrons. The first kappa shape index (κ1) is 20.0. The van der Waals surface area contributed by atoms with Crippen molar-refractivity contribution in [3.63, 3.8) is 0 Å². The van der Waals surface area contributed by atoms with E-state index in [0.29, 0.717) is 6.42 Å². The molecule has 1 aromatic rings. The summed E-state index contributed by atoms with van der Waals surface area (Å²) in [5.41, 5.74) is 0.248. The fourth-order valence-corrected chi connectivity index (χ4v) is 3.27. The number of piperidine rings is 1. The molecule has 0 spiro atoms. The molecule has 1 fully saturated rings. The normalized spacial score (nSPS) is 26.3. The van der Waals surface area contributed by atoms with Crippen molar-refractivity contribution in [2.24, 2.45) is 5.92 Å². The number of carbonyl (C=O) groups is 2. The summed E-state index contributed by atoms with van der Waals surface area (Å²) in [4.78, 5) is 25.3. The molecule has 1 unspecified atom stereocenters. The predicted octanol–water partition coefficient (Wildman–Crippen LogP) is 2.48. The molecule has 26 heavy (non-hydrogen) atoms. The molecule has 2 amide bonds. The lowest BCUT2D eigenvalue weighted by molar-refractivity contribution is -0.0280. The highest BCUT2D eigenvalue weighted by Gasteiger charge is 2.44. The summed E-state index contributed by atoms with van der Waals surface area (Å²) in [7, 11) is 0. The van der Waals surface area contributed by atoms with E-state index in [1.807, 2.05) is 30.3 Å². The van der Waals surface area contributed by atoms with Crippen molar-refractivity contribution >= 4 is 12.2 Å². The number of carbonyl (C=O) groups excluding carboxylic acids is 1. The summed E-state index contributed by atoms with van der Waals surface area (Å²) in [6, 6.07) is 8.08. The number of hydrogen-bond acceptors (Lipinski definition) is 4. The second kappa shape index (κ2) is 7.95. The van der Waals surface area contributed by atoms with Gasteiger partial charge in [-0.05, 0) is 32.8 Å². The van der Waals surface area contributed by atoms with Gasteiger partial charge < -0.3 is 25.2 Å². The lowest BCUT2D eigenvalue weighted by atomic mass is 9.84. The van der Waals surface area contributed by atoms with Gasteiger partial charge in [0.15, 0.2) is 0 Å². The number of nitrogens with one attached hydrogen (secondary N) is 1. The van der Waals surface area contributed by atoms with Crippen molar-refractivity contribution in [3.05, 3.63) is 35.9 Å². The molecule has 0 aromatic heterocycles. The number of nitrogens with zero attached hydrogens (tertiary/aromatic N) is 1. The van der Waals surface area contributed by atoms with Crippen molar-refractivity contribution in [2.45, 2.75) is 57.9 Å². The Labute approximate surface area is 154 Å². The summed E-state index contributed by atoms with van der Waals surface area (Å²) >= 11 is 0. The molecule has 1 aliphatic rings. The van der Waals surface area contributed by atoms with E-state index in [2.05, 4.69) is 5.32 Å². The van der Waals surface area contributed by atoms with E-state index < -0.39 is 36.0 Å². The zero-order chi connectivity index (χ0) is 19.5. The summed E-state index contributed by atoms with van der Waals surface area (Å²) in [6.07, 6.45) is -2.22. The van der Waals surface area contributed by atoms with Crippen LogP contribution < -0.4 is 5.32 Å². The number of aliphatic hydroxyl groups excluding tert-OH is 1. The predicted molar refractivity (Wildman–Crippen MR) is 97.0 cm³/mol. The van der Waals surface area contributed by atoms with Gasteiger partial charge in [0.2, 0.25) is 0 Å². The Morgan fingerprint density at radius 3 is 2.42 bits per heavy atom. The van der Waals surface area contributed by atoms with Gasteiger partial charge in [-0.1, -0.05) is 37.3 Å². The summed E-state index contributed by atoms with van der Waals surface area (Å²) < 4.78 is 5.29. The molecule has 7 nitrogen and oxygen atoms in total. The minimum atomic E-state index is -1.07. The fourth-order valence-electron chi connectivity index (χ4n) is 3.27. The van der Waals surface area contributed by atoms with Crippen LogP contribution in [0.1, 0.15) is 33.3 Å². The van der Waals surface area contributed by atoms with Gasteiger partial charge >= 0.3 is 12.2 Å². The van der Waals surface area contributed by atoms with Crippen molar-refractivity contribution in [1.82, 2.24) is 10.2 Å². The largest absolute Gasteiger partial charge is 0.465 e. The molecule has 0 saturated carbocycles. The Bertz CT molecular complexity index is 629. The van der Waals surface area contributed by atoms with E-state index in [-0.39, 0.29) is 12.5 Å². The smallest absolute Gasteiger partial charge is 0.408 e. The highest BCUT2D eigenvalue weighted by molar-refractivity contribution is 5.69. The SMILES string of the molecule is C[C@H]1CN(C(=O)O)C(Cc2ccccc2)[C@@H](NC(=O)OC(C)(C)C)[C@@H]1O. The van der Waals surface area contributed by atoms with Crippen LogP contribution >= 0.6 is 0 Å². The molecule has 0 bridgehead atoms. The zero-order valence-corrected chi connectivity index (χ0v) is 15.7. The van der Waals surface area contributed by atoms with Crippen LogP contribution in [0.3, 0.4) is 0 Å². The van der Waals surface area contributed by atoms with Crippen LogP contribution in [-0.4, -0.2) is 57.6 Å². The molecule has 0 aliphatic carbocycles. The maximum atomic E-state index is 12.2. The van der Waals surface area contributed by atoms with Crippen molar-refractivity contribution < 1.29 is 24.5 Å². The number of rotatable bonds is 3. The van der Waals surface area contributed by atoms with Crippen LogP contribution in [0.15, 0.2) is 30.3 Å². The molecule has 144 valence electrons. The maximum Gasteiger partial charge on any atom is 0.408 e. The topological polar surface area (TPSA) is 99.1 Å². The molecule has 1 aromatic carbocycles. The highest BCUT2D eigenvalue weighted by Crippen LogP contribution is 2.26. The lowest BCUT2D eigenvalue weighted by Gasteiger charge is -2.45. The third kappa shape index (κ3) is 5.11. The number of aliphatic hydroxyl groups is 1. The Morgan fingerprint density at radius 1 is 1.27 bits per heavy atom. The van der Waals surface area contributed by atoms with Crippen LogP contribution in [-0.2, 0) is 11.2 Å². The van der Waals surface area contributed by atoms with Gasteiger partial charge in [-0.15, -0.1) is 0 Å². The molecule has 1 heterocycles. The average Bonchev–Trinajstić information content (AvgIpc) is 2.53. The van der Waals surface area contributed by atoms with Crippen LogP contribution in [0.2, 0.25) is 0 Å². The van der Waals surface area contributed by atoms with E-state index in [1.165, 1.54) is 4.90 Å². The maximum absolute atomic E-state index is 12.2. The third-order valence-electron chi connectivity index (χ3n) is 4.47. The van der Waals surface area contributed by atoms with E-state index in [0.717, 1.165) is 5.56 Å². The highest BCUT2D eigenvalue weighted by atomic mass is 16.6. The van der Waals surface area contributed by atoms with Crippen molar-refractivity contribution in [3.8, 4) is 0 Å². The molecule has 7 heteroatoms.